The topological polar surface area (TPSA) is 17.1 Å². The summed E-state index contributed by atoms with van der Waals surface area (Å²) >= 11 is 5.76. The van der Waals surface area contributed by atoms with Crippen LogP contribution < -0.4 is 0 Å². The molecule has 2 aromatic carbocycles. The lowest BCUT2D eigenvalue weighted by Crippen LogP contribution is -2.06. The van der Waals surface area contributed by atoms with Crippen LogP contribution in [-0.4, -0.2) is 5.78 Å². The molecule has 0 fully saturated rings. The van der Waals surface area contributed by atoms with E-state index in [1.54, 1.807) is 13.0 Å². The summed E-state index contributed by atoms with van der Waals surface area (Å²) in [7, 11) is 0. The van der Waals surface area contributed by atoms with Gasteiger partial charge in [-0.3, -0.25) is 4.79 Å². The highest BCUT2D eigenvalue weighted by Crippen LogP contribution is 2.22. The molecule has 0 saturated carbocycles. The van der Waals surface area contributed by atoms with Crippen LogP contribution in [0, 0.1) is 18.6 Å². The summed E-state index contributed by atoms with van der Waals surface area (Å²) in [5.41, 5.74) is 1.53. The Morgan fingerprint density at radius 3 is 2.63 bits per heavy atom. The van der Waals surface area contributed by atoms with E-state index in [1.807, 2.05) is 0 Å². The highest BCUT2D eigenvalue weighted by molar-refractivity contribution is 6.34. The molecule has 0 aromatic heterocycles. The lowest BCUT2D eigenvalue weighted by atomic mass is 9.99. The summed E-state index contributed by atoms with van der Waals surface area (Å²) in [4.78, 5) is 12.1. The van der Waals surface area contributed by atoms with Gasteiger partial charge in [-0.1, -0.05) is 23.7 Å². The molecule has 0 N–H and O–H groups in total. The van der Waals surface area contributed by atoms with Gasteiger partial charge in [0.2, 0.25) is 0 Å². The maximum absolute atomic E-state index is 13.3. The summed E-state index contributed by atoms with van der Waals surface area (Å²) in [5.74, 6) is -1.26. The van der Waals surface area contributed by atoms with Gasteiger partial charge in [0.1, 0.15) is 11.6 Å². The zero-order valence-corrected chi connectivity index (χ0v) is 11.0. The number of benzene rings is 2. The molecular weight excluding hydrogens is 270 g/mol. The predicted molar refractivity (Wildman–Crippen MR) is 70.6 cm³/mol. The molecule has 0 spiro atoms. The van der Waals surface area contributed by atoms with Crippen LogP contribution in [0.2, 0.25) is 5.02 Å². The third-order valence-electron chi connectivity index (χ3n) is 2.91. The van der Waals surface area contributed by atoms with Gasteiger partial charge in [0.25, 0.3) is 0 Å². The molecule has 98 valence electrons. The van der Waals surface area contributed by atoms with E-state index in [9.17, 15) is 13.6 Å². The molecule has 0 saturated heterocycles. The zero-order valence-electron chi connectivity index (χ0n) is 10.2. The van der Waals surface area contributed by atoms with Gasteiger partial charge in [-0.25, -0.2) is 8.78 Å². The number of aryl methyl sites for hydroxylation is 1. The van der Waals surface area contributed by atoms with Gasteiger partial charge in [0.15, 0.2) is 5.78 Å². The molecule has 0 bridgehead atoms. The van der Waals surface area contributed by atoms with Gasteiger partial charge in [0.05, 0.1) is 5.02 Å². The normalized spacial score (nSPS) is 10.5. The molecule has 2 rings (SSSR count). The number of ketones is 1. The van der Waals surface area contributed by atoms with Crippen LogP contribution in [0.25, 0.3) is 0 Å². The Bertz CT molecular complexity index is 638. The molecule has 0 heterocycles. The Kier molecular flexibility index (Phi) is 3.96. The third-order valence-corrected chi connectivity index (χ3v) is 3.29. The van der Waals surface area contributed by atoms with Gasteiger partial charge in [-0.05, 0) is 42.3 Å². The summed E-state index contributed by atoms with van der Waals surface area (Å²) in [6.45, 7) is 1.72. The molecule has 0 unspecified atom stereocenters. The van der Waals surface area contributed by atoms with E-state index in [4.69, 9.17) is 11.6 Å². The second-order valence-corrected chi connectivity index (χ2v) is 4.65. The van der Waals surface area contributed by atoms with Gasteiger partial charge in [-0.2, -0.15) is 0 Å². The van der Waals surface area contributed by atoms with Crippen molar-refractivity contribution in [1.29, 1.82) is 0 Å². The second-order valence-electron chi connectivity index (χ2n) is 4.27. The van der Waals surface area contributed by atoms with E-state index in [0.717, 1.165) is 0 Å². The van der Waals surface area contributed by atoms with Crippen LogP contribution in [0.15, 0.2) is 36.4 Å². The fourth-order valence-corrected chi connectivity index (χ4v) is 2.08. The van der Waals surface area contributed by atoms with Crippen molar-refractivity contribution < 1.29 is 13.6 Å². The SMILES string of the molecule is Cc1cc(F)ccc1CC(=O)c1cccc(F)c1Cl. The standard InChI is InChI=1S/C15H11ClF2O/c1-9-7-11(17)6-5-10(9)8-14(19)12-3-2-4-13(18)15(12)16/h2-7H,8H2,1H3. The van der Waals surface area contributed by atoms with E-state index in [1.165, 1.54) is 30.3 Å². The lowest BCUT2D eigenvalue weighted by Gasteiger charge is -2.07. The summed E-state index contributed by atoms with van der Waals surface area (Å²) in [5, 5.41) is -0.174. The van der Waals surface area contributed by atoms with E-state index in [-0.39, 0.29) is 28.6 Å². The summed E-state index contributed by atoms with van der Waals surface area (Å²) < 4.78 is 26.2. The smallest absolute Gasteiger partial charge is 0.168 e. The molecule has 0 aliphatic rings. The molecule has 0 radical (unpaired) electrons. The summed E-state index contributed by atoms with van der Waals surface area (Å²) in [6, 6.07) is 8.31. The second kappa shape index (κ2) is 5.49. The van der Waals surface area contributed by atoms with Crippen molar-refractivity contribution in [2.24, 2.45) is 0 Å². The van der Waals surface area contributed by atoms with Crippen LogP contribution >= 0.6 is 11.6 Å². The monoisotopic (exact) mass is 280 g/mol. The van der Waals surface area contributed by atoms with Crippen LogP contribution in [0.4, 0.5) is 8.78 Å². The Morgan fingerprint density at radius 2 is 1.95 bits per heavy atom. The molecule has 0 atom stereocenters. The van der Waals surface area contributed by atoms with Crippen molar-refractivity contribution in [2.75, 3.05) is 0 Å². The molecule has 4 heteroatoms. The van der Waals surface area contributed by atoms with Crippen molar-refractivity contribution in [2.45, 2.75) is 13.3 Å². The average molecular weight is 281 g/mol. The number of hydrogen-bond acceptors (Lipinski definition) is 1. The Morgan fingerprint density at radius 1 is 1.21 bits per heavy atom. The van der Waals surface area contributed by atoms with Gasteiger partial charge in [0, 0.05) is 12.0 Å². The number of Topliss-reactive ketones (excluding diaryl/α,β-unsaturated/α-hetero) is 1. The predicted octanol–water partition coefficient (Wildman–Crippen LogP) is 4.35. The molecule has 1 nitrogen and oxygen atoms in total. The minimum absolute atomic E-state index is 0.0648. The van der Waals surface area contributed by atoms with Crippen molar-refractivity contribution in [3.8, 4) is 0 Å². The quantitative estimate of drug-likeness (QED) is 0.764. The number of rotatable bonds is 3. The fraction of sp³-hybridized carbons (Fsp3) is 0.133. The minimum Gasteiger partial charge on any atom is -0.294 e. The highest BCUT2D eigenvalue weighted by atomic mass is 35.5. The van der Waals surface area contributed by atoms with Gasteiger partial charge >= 0.3 is 0 Å². The van der Waals surface area contributed by atoms with E-state index in [0.29, 0.717) is 11.1 Å². The first-order chi connectivity index (χ1) is 8.99. The van der Waals surface area contributed by atoms with E-state index in [2.05, 4.69) is 0 Å². The van der Waals surface area contributed by atoms with Crippen molar-refractivity contribution in [3.05, 3.63) is 69.7 Å². The molecular formula is C15H11ClF2O. The van der Waals surface area contributed by atoms with E-state index >= 15 is 0 Å². The molecule has 0 aliphatic heterocycles. The Balaban J connectivity index is 2.28. The maximum Gasteiger partial charge on any atom is 0.168 e. The first kappa shape index (κ1) is 13.7. The Labute approximate surface area is 114 Å². The van der Waals surface area contributed by atoms with E-state index < -0.39 is 5.82 Å². The first-order valence-electron chi connectivity index (χ1n) is 5.71. The largest absolute Gasteiger partial charge is 0.294 e. The molecule has 2 aromatic rings. The van der Waals surface area contributed by atoms with Gasteiger partial charge < -0.3 is 0 Å². The van der Waals surface area contributed by atoms with Crippen molar-refractivity contribution >= 4 is 17.4 Å². The first-order valence-corrected chi connectivity index (χ1v) is 6.09. The average Bonchev–Trinajstić information content (AvgIpc) is 2.36. The maximum atomic E-state index is 13.3. The van der Waals surface area contributed by atoms with Crippen molar-refractivity contribution in [3.63, 3.8) is 0 Å². The van der Waals surface area contributed by atoms with Crippen LogP contribution in [0.3, 0.4) is 0 Å². The van der Waals surface area contributed by atoms with Crippen LogP contribution in [-0.2, 0) is 6.42 Å². The number of carbonyl (C=O) groups excluding carboxylic acids is 1. The third kappa shape index (κ3) is 2.99. The van der Waals surface area contributed by atoms with Gasteiger partial charge in [-0.15, -0.1) is 0 Å². The van der Waals surface area contributed by atoms with Crippen LogP contribution in [0.1, 0.15) is 21.5 Å². The number of hydrogen-bond donors (Lipinski definition) is 0. The Hall–Kier alpha value is -1.74. The van der Waals surface area contributed by atoms with Crippen LogP contribution in [0.5, 0.6) is 0 Å². The fourth-order valence-electron chi connectivity index (χ4n) is 1.84. The molecule has 0 aliphatic carbocycles. The highest BCUT2D eigenvalue weighted by Gasteiger charge is 2.15. The summed E-state index contributed by atoms with van der Waals surface area (Å²) in [6.07, 6.45) is 0.0648. The molecule has 19 heavy (non-hydrogen) atoms. The number of halogens is 3. The molecule has 0 amide bonds. The number of carbonyl (C=O) groups is 1. The van der Waals surface area contributed by atoms with Crippen molar-refractivity contribution in [1.82, 2.24) is 0 Å². The lowest BCUT2D eigenvalue weighted by molar-refractivity contribution is 0.0992. The zero-order chi connectivity index (χ0) is 14.0. The minimum atomic E-state index is -0.622.